The van der Waals surface area contributed by atoms with Gasteiger partial charge in [-0.3, -0.25) is 9.20 Å². The number of aromatic nitrogens is 3. The van der Waals surface area contributed by atoms with Gasteiger partial charge in [0.15, 0.2) is 11.3 Å². The van der Waals surface area contributed by atoms with Gasteiger partial charge in [0.1, 0.15) is 12.1 Å². The number of carbonyl (C=O) groups excluding carboxylic acids is 1. The second-order valence-corrected chi connectivity index (χ2v) is 5.86. The second kappa shape index (κ2) is 6.39. The number of benzene rings is 1. The van der Waals surface area contributed by atoms with Crippen LogP contribution in [0.25, 0.3) is 16.9 Å². The van der Waals surface area contributed by atoms with Crippen LogP contribution in [-0.2, 0) is 0 Å². The van der Waals surface area contributed by atoms with E-state index >= 15 is 0 Å². The largest absolute Gasteiger partial charge is 0.348 e. The van der Waals surface area contributed by atoms with Crippen LogP contribution < -0.4 is 5.32 Å². The first-order valence-corrected chi connectivity index (χ1v) is 7.91. The lowest BCUT2D eigenvalue weighted by Crippen LogP contribution is -2.32. The summed E-state index contributed by atoms with van der Waals surface area (Å²) in [6, 6.07) is 8.14. The van der Waals surface area contributed by atoms with Crippen molar-refractivity contribution in [3.63, 3.8) is 0 Å². The van der Waals surface area contributed by atoms with E-state index in [-0.39, 0.29) is 23.5 Å². The monoisotopic (exact) mass is 326 g/mol. The van der Waals surface area contributed by atoms with Gasteiger partial charge in [0, 0.05) is 17.3 Å². The summed E-state index contributed by atoms with van der Waals surface area (Å²) in [6.45, 7) is 5.84. The van der Waals surface area contributed by atoms with Gasteiger partial charge >= 0.3 is 0 Å². The molecule has 3 aromatic rings. The van der Waals surface area contributed by atoms with Gasteiger partial charge in [0.05, 0.1) is 5.69 Å². The van der Waals surface area contributed by atoms with Crippen LogP contribution in [0.3, 0.4) is 0 Å². The zero-order chi connectivity index (χ0) is 17.3. The Hall–Kier alpha value is -2.76. The molecule has 1 atom stereocenters. The molecule has 1 aromatic carbocycles. The third kappa shape index (κ3) is 2.99. The normalized spacial score (nSPS) is 12.3. The molecule has 1 unspecified atom stereocenters. The average molecular weight is 326 g/mol. The highest BCUT2D eigenvalue weighted by molar-refractivity contribution is 5.98. The van der Waals surface area contributed by atoms with Crippen molar-refractivity contribution in [3.05, 3.63) is 53.9 Å². The van der Waals surface area contributed by atoms with E-state index in [4.69, 9.17) is 0 Å². The maximum Gasteiger partial charge on any atom is 0.274 e. The lowest BCUT2D eigenvalue weighted by Gasteiger charge is -2.10. The minimum atomic E-state index is -0.324. The molecule has 0 radical (unpaired) electrons. The number of hydrogen-bond acceptors (Lipinski definition) is 3. The number of nitrogens with one attached hydrogen (secondary N) is 1. The number of carbonyl (C=O) groups is 1. The van der Waals surface area contributed by atoms with Crippen molar-refractivity contribution < 1.29 is 9.18 Å². The zero-order valence-electron chi connectivity index (χ0n) is 13.9. The Bertz CT molecular complexity index is 903. The molecule has 0 saturated carbocycles. The van der Waals surface area contributed by atoms with Crippen LogP contribution in [0.5, 0.6) is 0 Å². The predicted molar refractivity (Wildman–Crippen MR) is 90.3 cm³/mol. The van der Waals surface area contributed by atoms with Crippen molar-refractivity contribution >= 4 is 11.6 Å². The van der Waals surface area contributed by atoms with Crippen LogP contribution in [0.15, 0.2) is 36.7 Å². The molecule has 124 valence electrons. The quantitative estimate of drug-likeness (QED) is 0.799. The minimum absolute atomic E-state index is 0.0572. The SMILES string of the molecule is CCC(C)NC(=O)c1ncn2c(C)cc(-c3cccc(F)c3)nc12. The number of halogens is 1. The Labute approximate surface area is 139 Å². The van der Waals surface area contributed by atoms with Gasteiger partial charge in [-0.25, -0.2) is 14.4 Å². The van der Waals surface area contributed by atoms with E-state index in [1.54, 1.807) is 22.9 Å². The van der Waals surface area contributed by atoms with Gasteiger partial charge in [-0.2, -0.15) is 0 Å². The summed E-state index contributed by atoms with van der Waals surface area (Å²) in [5.74, 6) is -0.579. The smallest absolute Gasteiger partial charge is 0.274 e. The van der Waals surface area contributed by atoms with Crippen molar-refractivity contribution in [2.75, 3.05) is 0 Å². The topological polar surface area (TPSA) is 59.3 Å². The first-order chi connectivity index (χ1) is 11.5. The highest BCUT2D eigenvalue weighted by Crippen LogP contribution is 2.21. The molecule has 5 nitrogen and oxygen atoms in total. The standard InChI is InChI=1S/C18H19FN4O/c1-4-11(2)21-18(24)16-17-22-15(8-12(3)23(17)10-20-16)13-6-5-7-14(19)9-13/h5-11H,4H2,1-3H3,(H,21,24). The fourth-order valence-corrected chi connectivity index (χ4v) is 2.47. The molecule has 24 heavy (non-hydrogen) atoms. The highest BCUT2D eigenvalue weighted by atomic mass is 19.1. The van der Waals surface area contributed by atoms with Gasteiger partial charge in [0.25, 0.3) is 5.91 Å². The molecule has 1 amide bonds. The summed E-state index contributed by atoms with van der Waals surface area (Å²) in [4.78, 5) is 21.2. The van der Waals surface area contributed by atoms with Gasteiger partial charge in [0.2, 0.25) is 0 Å². The fraction of sp³-hybridized carbons (Fsp3) is 0.278. The van der Waals surface area contributed by atoms with Crippen molar-refractivity contribution in [2.24, 2.45) is 0 Å². The van der Waals surface area contributed by atoms with E-state index in [1.807, 2.05) is 26.8 Å². The molecular formula is C18H19FN4O. The van der Waals surface area contributed by atoms with Crippen LogP contribution in [-0.4, -0.2) is 26.3 Å². The van der Waals surface area contributed by atoms with Crippen molar-refractivity contribution in [1.82, 2.24) is 19.7 Å². The summed E-state index contributed by atoms with van der Waals surface area (Å²) in [7, 11) is 0. The van der Waals surface area contributed by atoms with Crippen molar-refractivity contribution in [3.8, 4) is 11.3 Å². The number of rotatable bonds is 4. The maximum absolute atomic E-state index is 13.5. The summed E-state index contributed by atoms with van der Waals surface area (Å²) >= 11 is 0. The molecule has 0 aliphatic rings. The predicted octanol–water partition coefficient (Wildman–Crippen LogP) is 3.37. The minimum Gasteiger partial charge on any atom is -0.348 e. The van der Waals surface area contributed by atoms with E-state index in [0.717, 1.165) is 12.1 Å². The highest BCUT2D eigenvalue weighted by Gasteiger charge is 2.18. The summed E-state index contributed by atoms with van der Waals surface area (Å²) in [5.41, 5.74) is 2.88. The Morgan fingerprint density at radius 2 is 2.17 bits per heavy atom. The third-order valence-corrected chi connectivity index (χ3v) is 4.02. The molecule has 0 aliphatic carbocycles. The molecule has 3 rings (SSSR count). The molecule has 6 heteroatoms. The van der Waals surface area contributed by atoms with Crippen molar-refractivity contribution in [1.29, 1.82) is 0 Å². The van der Waals surface area contributed by atoms with Gasteiger partial charge in [-0.1, -0.05) is 19.1 Å². The number of nitrogens with zero attached hydrogens (tertiary/aromatic N) is 3. The molecule has 0 bridgehead atoms. The molecular weight excluding hydrogens is 307 g/mol. The number of amides is 1. The lowest BCUT2D eigenvalue weighted by atomic mass is 10.1. The van der Waals surface area contributed by atoms with Crippen LogP contribution in [0.4, 0.5) is 4.39 Å². The number of aryl methyl sites for hydroxylation is 1. The van der Waals surface area contributed by atoms with E-state index < -0.39 is 0 Å². The number of hydrogen-bond donors (Lipinski definition) is 1. The summed E-state index contributed by atoms with van der Waals surface area (Å²) in [5, 5.41) is 2.90. The van der Waals surface area contributed by atoms with Crippen LogP contribution in [0.2, 0.25) is 0 Å². The molecule has 0 fully saturated rings. The third-order valence-electron chi connectivity index (χ3n) is 4.02. The zero-order valence-corrected chi connectivity index (χ0v) is 13.9. The van der Waals surface area contributed by atoms with E-state index in [1.165, 1.54) is 12.1 Å². The van der Waals surface area contributed by atoms with Gasteiger partial charge in [-0.05, 0) is 38.5 Å². The van der Waals surface area contributed by atoms with E-state index in [0.29, 0.717) is 16.9 Å². The van der Waals surface area contributed by atoms with Crippen LogP contribution in [0, 0.1) is 12.7 Å². The summed E-state index contributed by atoms with van der Waals surface area (Å²) < 4.78 is 15.2. The van der Waals surface area contributed by atoms with Gasteiger partial charge in [-0.15, -0.1) is 0 Å². The Morgan fingerprint density at radius 3 is 2.88 bits per heavy atom. The maximum atomic E-state index is 13.5. The Balaban J connectivity index is 2.09. The van der Waals surface area contributed by atoms with E-state index in [9.17, 15) is 9.18 Å². The fourth-order valence-electron chi connectivity index (χ4n) is 2.47. The number of imidazole rings is 1. The molecule has 1 N–H and O–H groups in total. The summed E-state index contributed by atoms with van der Waals surface area (Å²) in [6.07, 6.45) is 2.41. The van der Waals surface area contributed by atoms with Gasteiger partial charge < -0.3 is 5.32 Å². The first kappa shape index (κ1) is 16.1. The Kier molecular flexibility index (Phi) is 4.29. The molecule has 2 heterocycles. The molecule has 2 aromatic heterocycles. The second-order valence-electron chi connectivity index (χ2n) is 5.86. The first-order valence-electron chi connectivity index (χ1n) is 7.91. The molecule has 0 aliphatic heterocycles. The van der Waals surface area contributed by atoms with E-state index in [2.05, 4.69) is 15.3 Å². The average Bonchev–Trinajstić information content (AvgIpc) is 2.99. The van der Waals surface area contributed by atoms with Crippen LogP contribution >= 0.6 is 0 Å². The lowest BCUT2D eigenvalue weighted by molar-refractivity contribution is 0.0936. The molecule has 0 spiro atoms. The molecule has 0 saturated heterocycles. The van der Waals surface area contributed by atoms with Crippen LogP contribution in [0.1, 0.15) is 36.5 Å². The van der Waals surface area contributed by atoms with Crippen molar-refractivity contribution in [2.45, 2.75) is 33.2 Å². The Morgan fingerprint density at radius 1 is 1.38 bits per heavy atom. The number of fused-ring (bicyclic) bond motifs is 1.